The van der Waals surface area contributed by atoms with Crippen LogP contribution in [0.4, 0.5) is 0 Å². The van der Waals surface area contributed by atoms with E-state index in [-0.39, 0.29) is 10.0 Å². The molecule has 0 unspecified atom stereocenters. The number of aromatic nitrogens is 1. The minimum atomic E-state index is -0.510. The largest absolute Gasteiger partial charge is 0.465 e. The standard InChI is InChI=1S/C9H9ClN2O2S/c1-3-5(4-11)8-12-7(10)6(15-8)9(13)14-2/h3-4,11H,1-2H3. The zero-order chi connectivity index (χ0) is 11.4. The van der Waals surface area contributed by atoms with Gasteiger partial charge in [0.1, 0.15) is 5.01 Å². The molecular formula is C9H9ClN2O2S. The highest BCUT2D eigenvalue weighted by Gasteiger charge is 2.18. The molecule has 0 aliphatic heterocycles. The number of carbonyl (C=O) groups excluding carboxylic acids is 1. The molecule has 4 nitrogen and oxygen atoms in total. The van der Waals surface area contributed by atoms with Gasteiger partial charge in [0.15, 0.2) is 10.0 Å². The molecule has 0 spiro atoms. The third-order valence-electron chi connectivity index (χ3n) is 1.67. The molecule has 0 amide bonds. The SMILES string of the molecule is CC=C(C=N)c1nc(Cl)c(C(=O)OC)s1. The van der Waals surface area contributed by atoms with E-state index >= 15 is 0 Å². The molecule has 0 saturated heterocycles. The molecule has 15 heavy (non-hydrogen) atoms. The van der Waals surface area contributed by atoms with Crippen molar-refractivity contribution in [2.45, 2.75) is 6.92 Å². The summed E-state index contributed by atoms with van der Waals surface area (Å²) in [6, 6.07) is 0. The van der Waals surface area contributed by atoms with Crippen LogP contribution in [0.2, 0.25) is 5.15 Å². The maximum Gasteiger partial charge on any atom is 0.351 e. The van der Waals surface area contributed by atoms with Crippen LogP contribution in [0.15, 0.2) is 6.08 Å². The molecule has 1 rings (SSSR count). The van der Waals surface area contributed by atoms with Gasteiger partial charge in [0, 0.05) is 11.8 Å². The second-order valence-corrected chi connectivity index (χ2v) is 3.88. The maximum absolute atomic E-state index is 11.2. The van der Waals surface area contributed by atoms with E-state index < -0.39 is 5.97 Å². The number of halogens is 1. The van der Waals surface area contributed by atoms with E-state index in [1.807, 2.05) is 0 Å². The van der Waals surface area contributed by atoms with Gasteiger partial charge < -0.3 is 10.1 Å². The molecule has 1 N–H and O–H groups in total. The fourth-order valence-corrected chi connectivity index (χ4v) is 2.16. The van der Waals surface area contributed by atoms with E-state index in [9.17, 15) is 4.79 Å². The van der Waals surface area contributed by atoms with Gasteiger partial charge in [-0.15, -0.1) is 11.3 Å². The Hall–Kier alpha value is -1.20. The van der Waals surface area contributed by atoms with Gasteiger partial charge >= 0.3 is 5.97 Å². The number of methoxy groups -OCH3 is 1. The van der Waals surface area contributed by atoms with E-state index in [2.05, 4.69) is 9.72 Å². The van der Waals surface area contributed by atoms with Crippen molar-refractivity contribution in [2.75, 3.05) is 7.11 Å². The number of allylic oxidation sites excluding steroid dienone is 2. The Morgan fingerprint density at radius 1 is 1.67 bits per heavy atom. The number of esters is 1. The molecule has 80 valence electrons. The lowest BCUT2D eigenvalue weighted by molar-refractivity contribution is 0.0606. The number of ether oxygens (including phenoxy) is 1. The minimum absolute atomic E-state index is 0.114. The zero-order valence-corrected chi connectivity index (χ0v) is 9.78. The van der Waals surface area contributed by atoms with Gasteiger partial charge in [-0.25, -0.2) is 9.78 Å². The van der Waals surface area contributed by atoms with Crippen LogP contribution < -0.4 is 0 Å². The van der Waals surface area contributed by atoms with E-state index in [0.29, 0.717) is 10.6 Å². The number of carbonyl (C=O) groups is 1. The first-order valence-electron chi connectivity index (χ1n) is 4.05. The molecule has 0 saturated carbocycles. The molecular weight excluding hydrogens is 236 g/mol. The molecule has 1 aromatic rings. The van der Waals surface area contributed by atoms with Gasteiger partial charge in [-0.3, -0.25) is 0 Å². The summed E-state index contributed by atoms with van der Waals surface area (Å²) >= 11 is 6.89. The van der Waals surface area contributed by atoms with Crippen molar-refractivity contribution in [3.05, 3.63) is 21.1 Å². The number of nitrogens with one attached hydrogen (secondary N) is 1. The molecule has 1 aromatic heterocycles. The maximum atomic E-state index is 11.2. The van der Waals surface area contributed by atoms with Crippen LogP contribution in [0, 0.1) is 5.41 Å². The van der Waals surface area contributed by atoms with Crippen LogP contribution in [0.5, 0.6) is 0 Å². The number of nitrogens with zero attached hydrogens (tertiary/aromatic N) is 1. The van der Waals surface area contributed by atoms with Crippen LogP contribution in [0.25, 0.3) is 5.57 Å². The highest BCUT2D eigenvalue weighted by atomic mass is 35.5. The lowest BCUT2D eigenvalue weighted by atomic mass is 10.3. The van der Waals surface area contributed by atoms with Crippen molar-refractivity contribution in [3.63, 3.8) is 0 Å². The second kappa shape index (κ2) is 5.04. The zero-order valence-electron chi connectivity index (χ0n) is 8.20. The summed E-state index contributed by atoms with van der Waals surface area (Å²) in [7, 11) is 1.28. The molecule has 0 fully saturated rings. The Bertz CT molecular complexity index is 426. The van der Waals surface area contributed by atoms with Crippen LogP contribution in [0.1, 0.15) is 21.6 Å². The van der Waals surface area contributed by atoms with Crippen molar-refractivity contribution >= 4 is 40.7 Å². The smallest absolute Gasteiger partial charge is 0.351 e. The third kappa shape index (κ3) is 2.43. The summed E-state index contributed by atoms with van der Waals surface area (Å²) < 4.78 is 4.55. The van der Waals surface area contributed by atoms with E-state index in [1.165, 1.54) is 7.11 Å². The topological polar surface area (TPSA) is 63.0 Å². The first kappa shape index (κ1) is 11.9. The van der Waals surface area contributed by atoms with Crippen molar-refractivity contribution in [1.82, 2.24) is 4.98 Å². The Balaban J connectivity index is 3.16. The Morgan fingerprint density at radius 3 is 2.80 bits per heavy atom. The molecule has 0 aliphatic rings. The molecule has 6 heteroatoms. The first-order valence-corrected chi connectivity index (χ1v) is 5.25. The van der Waals surface area contributed by atoms with Crippen LogP contribution in [-0.2, 0) is 4.74 Å². The Kier molecular flexibility index (Phi) is 3.99. The summed E-state index contributed by atoms with van der Waals surface area (Å²) in [6.07, 6.45) is 2.89. The van der Waals surface area contributed by atoms with Crippen molar-refractivity contribution < 1.29 is 9.53 Å². The highest BCUT2D eigenvalue weighted by Crippen LogP contribution is 2.27. The van der Waals surface area contributed by atoms with E-state index in [4.69, 9.17) is 17.0 Å². The molecule has 0 aromatic carbocycles. The van der Waals surface area contributed by atoms with Gasteiger partial charge in [0.2, 0.25) is 0 Å². The fraction of sp³-hybridized carbons (Fsp3) is 0.222. The summed E-state index contributed by atoms with van der Waals surface area (Å²) in [5.41, 5.74) is 0.622. The average Bonchev–Trinajstić information content (AvgIpc) is 2.61. The summed E-state index contributed by atoms with van der Waals surface area (Å²) in [6.45, 7) is 1.79. The van der Waals surface area contributed by atoms with Gasteiger partial charge in [0.05, 0.1) is 7.11 Å². The number of hydrogen-bond donors (Lipinski definition) is 1. The van der Waals surface area contributed by atoms with Crippen molar-refractivity contribution in [2.24, 2.45) is 0 Å². The third-order valence-corrected chi connectivity index (χ3v) is 3.14. The molecule has 0 aliphatic carbocycles. The molecule has 0 atom stereocenters. The van der Waals surface area contributed by atoms with Gasteiger partial charge in [-0.2, -0.15) is 0 Å². The second-order valence-electron chi connectivity index (χ2n) is 2.52. The molecule has 1 heterocycles. The lowest BCUT2D eigenvalue weighted by Crippen LogP contribution is -1.98. The monoisotopic (exact) mass is 244 g/mol. The Labute approximate surface area is 96.1 Å². The summed E-state index contributed by atoms with van der Waals surface area (Å²) in [5.74, 6) is -0.510. The first-order chi connectivity index (χ1) is 7.13. The number of rotatable bonds is 3. The van der Waals surface area contributed by atoms with E-state index in [0.717, 1.165) is 17.6 Å². The van der Waals surface area contributed by atoms with Crippen LogP contribution in [-0.4, -0.2) is 24.3 Å². The number of hydrogen-bond acceptors (Lipinski definition) is 5. The fourth-order valence-electron chi connectivity index (χ4n) is 0.912. The minimum Gasteiger partial charge on any atom is -0.465 e. The van der Waals surface area contributed by atoms with Crippen LogP contribution in [0.3, 0.4) is 0 Å². The van der Waals surface area contributed by atoms with Gasteiger partial charge in [0.25, 0.3) is 0 Å². The predicted octanol–water partition coefficient (Wildman–Crippen LogP) is 2.64. The average molecular weight is 245 g/mol. The molecule has 0 radical (unpaired) electrons. The van der Waals surface area contributed by atoms with Crippen molar-refractivity contribution in [1.29, 1.82) is 5.41 Å². The Morgan fingerprint density at radius 2 is 2.33 bits per heavy atom. The normalized spacial score (nSPS) is 11.3. The van der Waals surface area contributed by atoms with Gasteiger partial charge in [-0.1, -0.05) is 17.7 Å². The van der Waals surface area contributed by atoms with Crippen LogP contribution >= 0.6 is 22.9 Å². The van der Waals surface area contributed by atoms with E-state index in [1.54, 1.807) is 13.0 Å². The van der Waals surface area contributed by atoms with Gasteiger partial charge in [-0.05, 0) is 6.92 Å². The number of thiazole rings is 1. The summed E-state index contributed by atoms with van der Waals surface area (Å²) in [5, 5.41) is 7.80. The lowest BCUT2D eigenvalue weighted by Gasteiger charge is -1.92. The summed E-state index contributed by atoms with van der Waals surface area (Å²) in [4.78, 5) is 15.5. The highest BCUT2D eigenvalue weighted by molar-refractivity contribution is 7.15. The predicted molar refractivity (Wildman–Crippen MR) is 60.9 cm³/mol. The quantitative estimate of drug-likeness (QED) is 0.657. The molecule has 0 bridgehead atoms. The van der Waals surface area contributed by atoms with Crippen molar-refractivity contribution in [3.8, 4) is 0 Å².